The van der Waals surface area contributed by atoms with Crippen LogP contribution in [0.1, 0.15) is 23.2 Å². The number of carbonyl (C=O) groups excluding carboxylic acids is 3. The minimum absolute atomic E-state index is 0.0423. The van der Waals surface area contributed by atoms with Gasteiger partial charge in [0, 0.05) is 43.5 Å². The number of nitrogens with zero attached hydrogens (tertiary/aromatic N) is 2. The summed E-state index contributed by atoms with van der Waals surface area (Å²) >= 11 is 0. The molecule has 1 aromatic rings. The molecule has 0 saturated carbocycles. The van der Waals surface area contributed by atoms with Crippen LogP contribution in [0, 0.1) is 0 Å². The summed E-state index contributed by atoms with van der Waals surface area (Å²) in [6, 6.07) is 7.06. The molecular formula is C23H32N8O4. The van der Waals surface area contributed by atoms with E-state index < -0.39 is 12.2 Å². The minimum Gasteiger partial charge on any atom is -0.378 e. The van der Waals surface area contributed by atoms with Crippen molar-refractivity contribution in [3.8, 4) is 0 Å². The summed E-state index contributed by atoms with van der Waals surface area (Å²) in [5, 5.41) is 9.76. The number of primary amides is 1. The number of anilines is 1. The highest BCUT2D eigenvalue weighted by Crippen LogP contribution is 2.16. The highest BCUT2D eigenvalue weighted by atomic mass is 16.5. The topological polar surface area (TPSA) is 153 Å². The average Bonchev–Trinajstić information content (AvgIpc) is 2.89. The first-order valence-corrected chi connectivity index (χ1v) is 11.7. The van der Waals surface area contributed by atoms with E-state index in [1.807, 2.05) is 0 Å². The van der Waals surface area contributed by atoms with Gasteiger partial charge in [-0.25, -0.2) is 5.43 Å². The van der Waals surface area contributed by atoms with Crippen LogP contribution in [0.3, 0.4) is 0 Å². The lowest BCUT2D eigenvalue weighted by atomic mass is 10.1. The molecule has 2 atom stereocenters. The molecule has 3 aliphatic rings. The van der Waals surface area contributed by atoms with Gasteiger partial charge in [-0.05, 0) is 43.2 Å². The predicted molar refractivity (Wildman–Crippen MR) is 129 cm³/mol. The second-order valence-electron chi connectivity index (χ2n) is 8.56. The fourth-order valence-electron chi connectivity index (χ4n) is 4.29. The molecule has 0 bridgehead atoms. The standard InChI is InChI=1S/C23H32N8O4/c1-2-18(32)31-9-3-4-17(14-31)26-23-27-21(19(20(24)33)28-29-23)25-16-7-5-15(6-8-16)22(34)30-10-12-35-13-11-30/h2,5-8,17,23,25-29H,1,3-4,9-14H2,(H2,24,33)/t17-,23?/m1/s1. The summed E-state index contributed by atoms with van der Waals surface area (Å²) in [5.74, 6) is -0.395. The number of amides is 3. The number of nitrogens with one attached hydrogen (secondary N) is 5. The summed E-state index contributed by atoms with van der Waals surface area (Å²) in [6.45, 7) is 7.05. The summed E-state index contributed by atoms with van der Waals surface area (Å²) < 4.78 is 5.31. The molecule has 3 amide bonds. The molecule has 0 radical (unpaired) electrons. The third kappa shape index (κ3) is 6.10. The fraction of sp³-hybridized carbons (Fsp3) is 0.435. The largest absolute Gasteiger partial charge is 0.378 e. The third-order valence-electron chi connectivity index (χ3n) is 6.14. The number of morpholine rings is 1. The number of carbonyl (C=O) groups is 3. The van der Waals surface area contributed by atoms with E-state index in [9.17, 15) is 14.4 Å². The summed E-state index contributed by atoms with van der Waals surface area (Å²) in [4.78, 5) is 40.1. The maximum absolute atomic E-state index is 12.7. The van der Waals surface area contributed by atoms with E-state index in [-0.39, 0.29) is 23.6 Å². The van der Waals surface area contributed by atoms with Crippen LogP contribution in [-0.4, -0.2) is 79.2 Å². The van der Waals surface area contributed by atoms with Crippen molar-refractivity contribution in [3.63, 3.8) is 0 Å². The molecule has 0 spiro atoms. The Morgan fingerprint density at radius 3 is 2.54 bits per heavy atom. The Hall–Kier alpha value is -3.61. The van der Waals surface area contributed by atoms with Crippen molar-refractivity contribution in [1.29, 1.82) is 0 Å². The normalized spacial score (nSPS) is 22.6. The van der Waals surface area contributed by atoms with E-state index in [4.69, 9.17) is 10.5 Å². The van der Waals surface area contributed by atoms with Gasteiger partial charge in [-0.15, -0.1) is 0 Å². The number of ether oxygens (including phenoxy) is 1. The van der Waals surface area contributed by atoms with E-state index in [1.165, 1.54) is 6.08 Å². The van der Waals surface area contributed by atoms with Crippen LogP contribution in [0.5, 0.6) is 0 Å². The summed E-state index contributed by atoms with van der Waals surface area (Å²) in [5.41, 5.74) is 12.8. The van der Waals surface area contributed by atoms with Crippen molar-refractivity contribution < 1.29 is 19.1 Å². The molecule has 12 nitrogen and oxygen atoms in total. The van der Waals surface area contributed by atoms with Crippen LogP contribution in [0.15, 0.2) is 48.4 Å². The van der Waals surface area contributed by atoms with Crippen LogP contribution in [-0.2, 0) is 14.3 Å². The van der Waals surface area contributed by atoms with Crippen LogP contribution >= 0.6 is 0 Å². The van der Waals surface area contributed by atoms with E-state index in [1.54, 1.807) is 34.1 Å². The minimum atomic E-state index is -0.648. The molecule has 35 heavy (non-hydrogen) atoms. The molecule has 188 valence electrons. The van der Waals surface area contributed by atoms with Crippen molar-refractivity contribution in [3.05, 3.63) is 54.0 Å². The van der Waals surface area contributed by atoms with E-state index >= 15 is 0 Å². The first kappa shape index (κ1) is 24.5. The molecule has 1 aromatic carbocycles. The first-order chi connectivity index (χ1) is 16.9. The molecule has 0 aliphatic carbocycles. The number of rotatable bonds is 7. The monoisotopic (exact) mass is 484 g/mol. The first-order valence-electron chi connectivity index (χ1n) is 11.7. The zero-order valence-corrected chi connectivity index (χ0v) is 19.5. The molecule has 12 heteroatoms. The maximum Gasteiger partial charge on any atom is 0.269 e. The van der Waals surface area contributed by atoms with Crippen LogP contribution in [0.4, 0.5) is 5.69 Å². The zero-order chi connectivity index (χ0) is 24.8. The summed E-state index contributed by atoms with van der Waals surface area (Å²) in [6.07, 6.45) is 2.66. The second kappa shape index (κ2) is 11.2. The van der Waals surface area contributed by atoms with Gasteiger partial charge < -0.3 is 36.3 Å². The molecule has 0 aromatic heterocycles. The highest BCUT2D eigenvalue weighted by molar-refractivity contribution is 5.95. The third-order valence-corrected chi connectivity index (χ3v) is 6.14. The molecule has 2 saturated heterocycles. The highest BCUT2D eigenvalue weighted by Gasteiger charge is 2.28. The van der Waals surface area contributed by atoms with Crippen LogP contribution in [0.2, 0.25) is 0 Å². The fourth-order valence-corrected chi connectivity index (χ4v) is 4.29. The van der Waals surface area contributed by atoms with Crippen LogP contribution < -0.4 is 32.5 Å². The number of likely N-dealkylation sites (tertiary alicyclic amines) is 1. The Balaban J connectivity index is 1.39. The number of hydrogen-bond donors (Lipinski definition) is 6. The number of benzene rings is 1. The Labute approximate surface area is 203 Å². The zero-order valence-electron chi connectivity index (χ0n) is 19.5. The molecule has 3 aliphatic heterocycles. The number of hydrazine groups is 1. The molecular weight excluding hydrogens is 452 g/mol. The lowest BCUT2D eigenvalue weighted by Crippen LogP contribution is -2.66. The lowest BCUT2D eigenvalue weighted by Gasteiger charge is -2.37. The molecule has 2 fully saturated rings. The SMILES string of the molecule is C=CC(=O)N1CCC[C@@H](NC2NNC(C(N)=O)=C(Nc3ccc(C(=O)N4CCOCC4)cc3)N2)C1. The quantitative estimate of drug-likeness (QED) is 0.267. The van der Waals surface area contributed by atoms with Gasteiger partial charge >= 0.3 is 0 Å². The van der Waals surface area contributed by atoms with Gasteiger partial charge in [0.05, 0.1) is 13.2 Å². The van der Waals surface area contributed by atoms with Crippen molar-refractivity contribution in [2.24, 2.45) is 5.73 Å². The van der Waals surface area contributed by atoms with Gasteiger partial charge in [-0.2, -0.15) is 0 Å². The lowest BCUT2D eigenvalue weighted by molar-refractivity contribution is -0.127. The van der Waals surface area contributed by atoms with Crippen molar-refractivity contribution in [2.75, 3.05) is 44.7 Å². The Morgan fingerprint density at radius 2 is 1.86 bits per heavy atom. The van der Waals surface area contributed by atoms with Gasteiger partial charge in [0.15, 0.2) is 12.0 Å². The number of nitrogens with two attached hydrogens (primary N) is 1. The molecule has 4 rings (SSSR count). The Bertz CT molecular complexity index is 990. The summed E-state index contributed by atoms with van der Waals surface area (Å²) in [7, 11) is 0. The maximum atomic E-state index is 12.7. The smallest absolute Gasteiger partial charge is 0.269 e. The molecule has 3 heterocycles. The number of hydrogen-bond acceptors (Lipinski definition) is 9. The van der Waals surface area contributed by atoms with Gasteiger partial charge in [0.1, 0.15) is 5.82 Å². The van der Waals surface area contributed by atoms with Gasteiger partial charge in [0.2, 0.25) is 5.91 Å². The van der Waals surface area contributed by atoms with Crippen molar-refractivity contribution in [2.45, 2.75) is 25.2 Å². The molecule has 7 N–H and O–H groups in total. The van der Waals surface area contributed by atoms with Crippen LogP contribution in [0.25, 0.3) is 0 Å². The van der Waals surface area contributed by atoms with Gasteiger partial charge in [0.25, 0.3) is 11.8 Å². The van der Waals surface area contributed by atoms with E-state index in [0.717, 1.165) is 12.8 Å². The van der Waals surface area contributed by atoms with Crippen molar-refractivity contribution >= 4 is 23.4 Å². The van der Waals surface area contributed by atoms with Gasteiger partial charge in [-0.1, -0.05) is 6.58 Å². The second-order valence-corrected chi connectivity index (χ2v) is 8.56. The average molecular weight is 485 g/mol. The Morgan fingerprint density at radius 1 is 1.11 bits per heavy atom. The van der Waals surface area contributed by atoms with E-state index in [0.29, 0.717) is 56.5 Å². The predicted octanol–water partition coefficient (Wildman–Crippen LogP) is -1.03. The molecule has 1 unspecified atom stereocenters. The van der Waals surface area contributed by atoms with Gasteiger partial charge in [-0.3, -0.25) is 19.7 Å². The van der Waals surface area contributed by atoms with E-state index in [2.05, 4.69) is 33.4 Å². The van der Waals surface area contributed by atoms with Crippen molar-refractivity contribution in [1.82, 2.24) is 31.3 Å². The number of piperidine rings is 1. The Kier molecular flexibility index (Phi) is 7.85.